The smallest absolute Gasteiger partial charge is 0.227 e. The summed E-state index contributed by atoms with van der Waals surface area (Å²) >= 11 is 0. The van der Waals surface area contributed by atoms with Crippen molar-refractivity contribution in [3.05, 3.63) is 65.5 Å². The van der Waals surface area contributed by atoms with Crippen molar-refractivity contribution in [3.8, 4) is 0 Å². The second kappa shape index (κ2) is 9.68. The van der Waals surface area contributed by atoms with E-state index in [9.17, 15) is 0 Å². The third-order valence-electron chi connectivity index (χ3n) is 5.28. The molecule has 1 aliphatic rings. The Morgan fingerprint density at radius 3 is 2.84 bits per heavy atom. The number of nitrogens with two attached hydrogens (primary N) is 1. The minimum absolute atomic E-state index is 0.563. The molecule has 3 aromatic rings. The standard InChI is InChI=1S/C24H28N6O/c1-17-3-4-23-20(9-17)15-27-24(29-23)28-22-11-18(16-30-5-7-31-8-6-30)10-19(12-22)21(13-25)14-26-2/h3-4,9-15H,5-8,16,25H2,1-2H3,(H,27,28,29). The van der Waals surface area contributed by atoms with E-state index in [2.05, 4.69) is 56.4 Å². The van der Waals surface area contributed by atoms with E-state index in [4.69, 9.17) is 10.5 Å². The lowest BCUT2D eigenvalue weighted by Gasteiger charge is -2.27. The first-order chi connectivity index (χ1) is 15.1. The van der Waals surface area contributed by atoms with Crippen LogP contribution in [-0.4, -0.2) is 54.4 Å². The van der Waals surface area contributed by atoms with Gasteiger partial charge in [-0.15, -0.1) is 0 Å². The normalized spacial score (nSPS) is 15.6. The molecule has 7 heteroatoms. The van der Waals surface area contributed by atoms with Gasteiger partial charge in [-0.2, -0.15) is 0 Å². The number of fused-ring (bicyclic) bond motifs is 1. The molecule has 0 spiro atoms. The maximum atomic E-state index is 5.88. The number of aryl methyl sites for hydroxylation is 1. The molecule has 1 saturated heterocycles. The Morgan fingerprint density at radius 2 is 2.06 bits per heavy atom. The number of nitrogens with one attached hydrogen (secondary N) is 1. The molecule has 0 saturated carbocycles. The molecule has 4 rings (SSSR count). The van der Waals surface area contributed by atoms with E-state index in [1.807, 2.05) is 18.3 Å². The van der Waals surface area contributed by atoms with Crippen LogP contribution < -0.4 is 11.1 Å². The number of hydrogen-bond donors (Lipinski definition) is 2. The molecule has 2 aromatic carbocycles. The van der Waals surface area contributed by atoms with Gasteiger partial charge in [-0.05, 0) is 48.4 Å². The monoisotopic (exact) mass is 416 g/mol. The molecule has 31 heavy (non-hydrogen) atoms. The molecular formula is C24H28N6O. The molecule has 0 bridgehead atoms. The fourth-order valence-corrected chi connectivity index (χ4v) is 3.73. The molecule has 1 aliphatic heterocycles. The number of allylic oxidation sites excluding steroid dienone is 1. The van der Waals surface area contributed by atoms with Crippen LogP contribution in [0.25, 0.3) is 16.5 Å². The predicted molar refractivity (Wildman–Crippen MR) is 127 cm³/mol. The highest BCUT2D eigenvalue weighted by atomic mass is 16.5. The maximum Gasteiger partial charge on any atom is 0.227 e. The van der Waals surface area contributed by atoms with Crippen LogP contribution in [0.4, 0.5) is 11.6 Å². The predicted octanol–water partition coefficient (Wildman–Crippen LogP) is 3.51. The first kappa shape index (κ1) is 21.0. The van der Waals surface area contributed by atoms with Gasteiger partial charge in [-0.3, -0.25) is 9.89 Å². The first-order valence-corrected chi connectivity index (χ1v) is 10.4. The van der Waals surface area contributed by atoms with Crippen molar-refractivity contribution >= 4 is 34.3 Å². The minimum atomic E-state index is 0.563. The Morgan fingerprint density at radius 1 is 1.23 bits per heavy atom. The van der Waals surface area contributed by atoms with Crippen LogP contribution in [0.5, 0.6) is 0 Å². The Kier molecular flexibility index (Phi) is 6.54. The summed E-state index contributed by atoms with van der Waals surface area (Å²) in [6, 6.07) is 12.5. The third-order valence-corrected chi connectivity index (χ3v) is 5.28. The summed E-state index contributed by atoms with van der Waals surface area (Å²) in [6.45, 7) is 6.30. The lowest BCUT2D eigenvalue weighted by Crippen LogP contribution is -2.35. The van der Waals surface area contributed by atoms with Gasteiger partial charge in [0.2, 0.25) is 5.95 Å². The Balaban J connectivity index is 1.66. The summed E-state index contributed by atoms with van der Waals surface area (Å²) in [5.74, 6) is 0.563. The molecule has 0 unspecified atom stereocenters. The SMILES string of the molecule is CN=CC(=CN)c1cc(CN2CCOCC2)cc(Nc2ncc3cc(C)ccc3n2)c1. The van der Waals surface area contributed by atoms with Crippen molar-refractivity contribution in [2.75, 3.05) is 38.7 Å². The van der Waals surface area contributed by atoms with Crippen LogP contribution in [0.1, 0.15) is 16.7 Å². The molecular weight excluding hydrogens is 388 g/mol. The zero-order chi connectivity index (χ0) is 21.6. The number of rotatable bonds is 6. The largest absolute Gasteiger partial charge is 0.404 e. The van der Waals surface area contributed by atoms with Crippen molar-refractivity contribution in [2.45, 2.75) is 13.5 Å². The summed E-state index contributed by atoms with van der Waals surface area (Å²) in [6.07, 6.45) is 5.21. The number of anilines is 2. The van der Waals surface area contributed by atoms with E-state index in [0.717, 1.165) is 60.6 Å². The topological polar surface area (TPSA) is 88.7 Å². The van der Waals surface area contributed by atoms with E-state index < -0.39 is 0 Å². The molecule has 1 fully saturated rings. The Hall–Kier alpha value is -3.29. The number of aliphatic imine (C=N–C) groups is 1. The minimum Gasteiger partial charge on any atom is -0.404 e. The highest BCUT2D eigenvalue weighted by Gasteiger charge is 2.13. The van der Waals surface area contributed by atoms with Gasteiger partial charge in [0.25, 0.3) is 0 Å². The van der Waals surface area contributed by atoms with Crippen LogP contribution in [0.2, 0.25) is 0 Å². The van der Waals surface area contributed by atoms with E-state index in [-0.39, 0.29) is 0 Å². The van der Waals surface area contributed by atoms with Gasteiger partial charge in [-0.1, -0.05) is 11.6 Å². The summed E-state index contributed by atoms with van der Waals surface area (Å²) in [5.41, 5.74) is 11.9. The van der Waals surface area contributed by atoms with Crippen molar-refractivity contribution in [1.82, 2.24) is 14.9 Å². The number of aromatic nitrogens is 2. The summed E-state index contributed by atoms with van der Waals surface area (Å²) in [7, 11) is 1.74. The number of morpholine rings is 1. The van der Waals surface area contributed by atoms with Gasteiger partial charge in [0.1, 0.15) is 0 Å². The zero-order valence-corrected chi connectivity index (χ0v) is 18.0. The molecule has 160 valence electrons. The van der Waals surface area contributed by atoms with Crippen LogP contribution in [0.15, 0.2) is 53.8 Å². The number of nitrogens with zero attached hydrogens (tertiary/aromatic N) is 4. The molecule has 0 amide bonds. The van der Waals surface area contributed by atoms with Crippen LogP contribution in [-0.2, 0) is 11.3 Å². The van der Waals surface area contributed by atoms with Crippen molar-refractivity contribution in [2.24, 2.45) is 10.7 Å². The van der Waals surface area contributed by atoms with E-state index in [1.165, 1.54) is 11.1 Å². The molecule has 2 heterocycles. The molecule has 0 atom stereocenters. The van der Waals surface area contributed by atoms with E-state index in [0.29, 0.717) is 5.95 Å². The number of ether oxygens (including phenoxy) is 1. The average Bonchev–Trinajstić information content (AvgIpc) is 2.78. The Bertz CT molecular complexity index is 1120. The van der Waals surface area contributed by atoms with Gasteiger partial charge >= 0.3 is 0 Å². The van der Waals surface area contributed by atoms with Gasteiger partial charge in [0.05, 0.1) is 18.7 Å². The molecule has 7 nitrogen and oxygen atoms in total. The average molecular weight is 417 g/mol. The van der Waals surface area contributed by atoms with Crippen LogP contribution >= 0.6 is 0 Å². The fourth-order valence-electron chi connectivity index (χ4n) is 3.73. The van der Waals surface area contributed by atoms with Crippen LogP contribution in [0.3, 0.4) is 0 Å². The third kappa shape index (κ3) is 5.25. The fraction of sp³-hybridized carbons (Fsp3) is 0.292. The zero-order valence-electron chi connectivity index (χ0n) is 18.0. The first-order valence-electron chi connectivity index (χ1n) is 10.4. The molecule has 3 N–H and O–H groups in total. The van der Waals surface area contributed by atoms with Gasteiger partial charge in [0.15, 0.2) is 0 Å². The lowest BCUT2D eigenvalue weighted by atomic mass is 10.0. The summed E-state index contributed by atoms with van der Waals surface area (Å²) < 4.78 is 5.48. The van der Waals surface area contributed by atoms with Crippen molar-refractivity contribution in [1.29, 1.82) is 0 Å². The molecule has 1 aromatic heterocycles. The van der Waals surface area contributed by atoms with E-state index >= 15 is 0 Å². The maximum absolute atomic E-state index is 5.88. The quantitative estimate of drug-likeness (QED) is 0.598. The summed E-state index contributed by atoms with van der Waals surface area (Å²) in [4.78, 5) is 15.7. The summed E-state index contributed by atoms with van der Waals surface area (Å²) in [5, 5.41) is 4.40. The Labute approximate surface area is 182 Å². The highest BCUT2D eigenvalue weighted by Crippen LogP contribution is 2.24. The lowest BCUT2D eigenvalue weighted by molar-refractivity contribution is 0.0342. The van der Waals surface area contributed by atoms with Gasteiger partial charge in [0, 0.05) is 61.9 Å². The van der Waals surface area contributed by atoms with Gasteiger partial charge < -0.3 is 15.8 Å². The molecule has 0 aliphatic carbocycles. The second-order valence-corrected chi connectivity index (χ2v) is 7.70. The van der Waals surface area contributed by atoms with E-state index in [1.54, 1.807) is 19.5 Å². The second-order valence-electron chi connectivity index (χ2n) is 7.70. The molecule has 0 radical (unpaired) electrons. The highest BCUT2D eigenvalue weighted by molar-refractivity contribution is 6.09. The van der Waals surface area contributed by atoms with Crippen LogP contribution in [0, 0.1) is 6.92 Å². The van der Waals surface area contributed by atoms with Crippen molar-refractivity contribution in [3.63, 3.8) is 0 Å². The number of hydrogen-bond acceptors (Lipinski definition) is 7. The van der Waals surface area contributed by atoms with Gasteiger partial charge in [-0.25, -0.2) is 9.97 Å². The number of benzene rings is 2. The van der Waals surface area contributed by atoms with Crippen molar-refractivity contribution < 1.29 is 4.74 Å².